The molecule has 2 heterocycles. The number of hydrogen-bond donors (Lipinski definition) is 0. The van der Waals surface area contributed by atoms with Crippen LogP contribution in [-0.2, 0) is 0 Å². The van der Waals surface area contributed by atoms with Crippen molar-refractivity contribution in [3.63, 3.8) is 0 Å². The van der Waals surface area contributed by atoms with E-state index in [1.165, 1.54) is 4.70 Å². The van der Waals surface area contributed by atoms with Gasteiger partial charge in [0.2, 0.25) is 0 Å². The van der Waals surface area contributed by atoms with E-state index in [2.05, 4.69) is 25.9 Å². The van der Waals surface area contributed by atoms with Gasteiger partial charge >= 0.3 is 0 Å². The summed E-state index contributed by atoms with van der Waals surface area (Å²) in [6, 6.07) is 0. The molecule has 0 amide bonds. The molecule has 56 valence electrons. The Bertz CT molecular complexity index is 396. The maximum atomic E-state index is 4.15. The molecule has 0 saturated carbocycles. The van der Waals surface area contributed by atoms with E-state index >= 15 is 0 Å². The van der Waals surface area contributed by atoms with Crippen molar-refractivity contribution < 1.29 is 0 Å². The van der Waals surface area contributed by atoms with Gasteiger partial charge in [0.15, 0.2) is 0 Å². The van der Waals surface area contributed by atoms with Crippen molar-refractivity contribution in [3.05, 3.63) is 21.9 Å². The Kier molecular flexibility index (Phi) is 1.65. The van der Waals surface area contributed by atoms with E-state index in [1.807, 2.05) is 12.3 Å². The third-order valence-corrected chi connectivity index (χ3v) is 3.47. The molecule has 0 radical (unpaired) electrons. The van der Waals surface area contributed by atoms with Crippen LogP contribution >= 0.6 is 27.3 Å². The molecule has 0 saturated heterocycles. The van der Waals surface area contributed by atoms with Crippen molar-refractivity contribution in [3.8, 4) is 0 Å². The summed E-state index contributed by atoms with van der Waals surface area (Å²) in [6.45, 7) is 1.99. The van der Waals surface area contributed by atoms with Gasteiger partial charge in [0.25, 0.3) is 0 Å². The lowest BCUT2D eigenvalue weighted by Gasteiger charge is -1.91. The third kappa shape index (κ3) is 1.06. The molecule has 0 aliphatic carbocycles. The summed E-state index contributed by atoms with van der Waals surface area (Å²) in [5.74, 6) is 0. The number of rotatable bonds is 0. The van der Waals surface area contributed by atoms with Crippen LogP contribution in [0.5, 0.6) is 0 Å². The molecule has 0 aromatic carbocycles. The fourth-order valence-corrected chi connectivity index (χ4v) is 2.48. The fraction of sp³-hybridized carbons (Fsp3) is 0.143. The van der Waals surface area contributed by atoms with Crippen LogP contribution in [0.4, 0.5) is 0 Å². The topological polar surface area (TPSA) is 25.8 Å². The SMILES string of the molecule is Cc1ncnc2c(Br)csc12. The van der Waals surface area contributed by atoms with E-state index in [9.17, 15) is 0 Å². The van der Waals surface area contributed by atoms with Gasteiger partial charge in [-0.1, -0.05) is 0 Å². The van der Waals surface area contributed by atoms with E-state index in [0.29, 0.717) is 0 Å². The zero-order valence-corrected chi connectivity index (χ0v) is 8.24. The third-order valence-electron chi connectivity index (χ3n) is 1.49. The highest BCUT2D eigenvalue weighted by Gasteiger charge is 2.04. The second-order valence-electron chi connectivity index (χ2n) is 2.22. The molecule has 0 N–H and O–H groups in total. The zero-order chi connectivity index (χ0) is 7.84. The smallest absolute Gasteiger partial charge is 0.116 e. The van der Waals surface area contributed by atoms with Gasteiger partial charge in [-0.15, -0.1) is 11.3 Å². The van der Waals surface area contributed by atoms with Crippen LogP contribution < -0.4 is 0 Å². The molecule has 0 atom stereocenters. The van der Waals surface area contributed by atoms with Gasteiger partial charge in [-0.25, -0.2) is 9.97 Å². The molecule has 0 unspecified atom stereocenters. The second-order valence-corrected chi connectivity index (χ2v) is 3.95. The Hall–Kier alpha value is -0.480. The first-order valence-corrected chi connectivity index (χ1v) is 4.80. The van der Waals surface area contributed by atoms with Gasteiger partial charge in [-0.3, -0.25) is 0 Å². The van der Waals surface area contributed by atoms with Gasteiger partial charge in [-0.2, -0.15) is 0 Å². The quantitative estimate of drug-likeness (QED) is 0.694. The van der Waals surface area contributed by atoms with E-state index in [1.54, 1.807) is 17.7 Å². The fourth-order valence-electron chi connectivity index (χ4n) is 0.940. The summed E-state index contributed by atoms with van der Waals surface area (Å²) in [5.41, 5.74) is 2.06. The largest absolute Gasteiger partial charge is 0.240 e. The van der Waals surface area contributed by atoms with E-state index < -0.39 is 0 Å². The van der Waals surface area contributed by atoms with Crippen molar-refractivity contribution in [1.29, 1.82) is 0 Å². The number of aryl methyl sites for hydroxylation is 1. The molecule has 2 aromatic heterocycles. The monoisotopic (exact) mass is 228 g/mol. The summed E-state index contributed by atoms with van der Waals surface area (Å²) in [6.07, 6.45) is 1.59. The first-order valence-electron chi connectivity index (χ1n) is 3.13. The first kappa shape index (κ1) is 7.18. The lowest BCUT2D eigenvalue weighted by molar-refractivity contribution is 1.16. The van der Waals surface area contributed by atoms with Crippen LogP contribution in [0.15, 0.2) is 16.2 Å². The number of fused-ring (bicyclic) bond motifs is 1. The molecular formula is C7H5BrN2S. The maximum Gasteiger partial charge on any atom is 0.116 e. The number of nitrogens with zero attached hydrogens (tertiary/aromatic N) is 2. The summed E-state index contributed by atoms with van der Waals surface area (Å²) in [5, 5.41) is 2.03. The Morgan fingerprint density at radius 3 is 3.00 bits per heavy atom. The number of aromatic nitrogens is 2. The average molecular weight is 229 g/mol. The highest BCUT2D eigenvalue weighted by atomic mass is 79.9. The minimum atomic E-state index is 1.02. The van der Waals surface area contributed by atoms with Crippen LogP contribution in [0.2, 0.25) is 0 Å². The molecule has 0 aliphatic heterocycles. The molecule has 2 aromatic rings. The zero-order valence-electron chi connectivity index (χ0n) is 5.84. The Morgan fingerprint density at radius 2 is 2.27 bits per heavy atom. The highest BCUT2D eigenvalue weighted by molar-refractivity contribution is 9.10. The Labute approximate surface area is 76.4 Å². The molecule has 2 rings (SSSR count). The van der Waals surface area contributed by atoms with Crippen molar-refractivity contribution in [2.24, 2.45) is 0 Å². The molecular weight excluding hydrogens is 224 g/mol. The standard InChI is InChI=1S/C7H5BrN2S/c1-4-7-6(10-3-9-4)5(8)2-11-7/h2-3H,1H3. The number of hydrogen-bond acceptors (Lipinski definition) is 3. The van der Waals surface area contributed by atoms with Gasteiger partial charge < -0.3 is 0 Å². The summed E-state index contributed by atoms with van der Waals surface area (Å²) in [7, 11) is 0. The van der Waals surface area contributed by atoms with Crippen LogP contribution in [0.1, 0.15) is 5.69 Å². The molecule has 0 fully saturated rings. The molecule has 11 heavy (non-hydrogen) atoms. The normalized spacial score (nSPS) is 10.7. The minimum absolute atomic E-state index is 1.02. The van der Waals surface area contributed by atoms with Crippen LogP contribution in [0.3, 0.4) is 0 Å². The van der Waals surface area contributed by atoms with Gasteiger partial charge in [0.1, 0.15) is 6.33 Å². The Balaban J connectivity index is 2.94. The minimum Gasteiger partial charge on any atom is -0.240 e. The van der Waals surface area contributed by atoms with Crippen molar-refractivity contribution in [1.82, 2.24) is 9.97 Å². The molecule has 0 aliphatic rings. The predicted octanol–water partition coefficient (Wildman–Crippen LogP) is 2.76. The van der Waals surface area contributed by atoms with Gasteiger partial charge in [0.05, 0.1) is 20.4 Å². The van der Waals surface area contributed by atoms with Crippen molar-refractivity contribution >= 4 is 37.5 Å². The summed E-state index contributed by atoms with van der Waals surface area (Å²) in [4.78, 5) is 8.25. The molecule has 0 spiro atoms. The predicted molar refractivity (Wildman–Crippen MR) is 49.9 cm³/mol. The van der Waals surface area contributed by atoms with Crippen LogP contribution in [0.25, 0.3) is 10.2 Å². The lowest BCUT2D eigenvalue weighted by atomic mass is 10.4. The summed E-state index contributed by atoms with van der Waals surface area (Å²) >= 11 is 5.09. The Morgan fingerprint density at radius 1 is 1.45 bits per heavy atom. The van der Waals surface area contributed by atoms with Crippen molar-refractivity contribution in [2.75, 3.05) is 0 Å². The van der Waals surface area contributed by atoms with Gasteiger partial charge in [0, 0.05) is 5.38 Å². The molecule has 2 nitrogen and oxygen atoms in total. The van der Waals surface area contributed by atoms with Crippen LogP contribution in [-0.4, -0.2) is 9.97 Å². The number of halogens is 1. The maximum absolute atomic E-state index is 4.15. The van der Waals surface area contributed by atoms with E-state index in [-0.39, 0.29) is 0 Å². The van der Waals surface area contributed by atoms with E-state index in [0.717, 1.165) is 15.7 Å². The first-order chi connectivity index (χ1) is 5.29. The number of thiophene rings is 1. The summed E-state index contributed by atoms with van der Waals surface area (Å²) < 4.78 is 2.22. The van der Waals surface area contributed by atoms with Crippen molar-refractivity contribution in [2.45, 2.75) is 6.92 Å². The second kappa shape index (κ2) is 2.53. The van der Waals surface area contributed by atoms with Gasteiger partial charge in [-0.05, 0) is 22.9 Å². The van der Waals surface area contributed by atoms with E-state index in [4.69, 9.17) is 0 Å². The highest BCUT2D eigenvalue weighted by Crippen LogP contribution is 2.29. The lowest BCUT2D eigenvalue weighted by Crippen LogP contribution is -1.81. The molecule has 0 bridgehead atoms. The van der Waals surface area contributed by atoms with Crippen LogP contribution in [0, 0.1) is 6.92 Å². The average Bonchev–Trinajstić information content (AvgIpc) is 2.35. The molecule has 4 heteroatoms.